The Hall–Kier alpha value is -2.40. The Labute approximate surface area is 296 Å². The van der Waals surface area contributed by atoms with E-state index in [4.69, 9.17) is 9.47 Å². The van der Waals surface area contributed by atoms with Gasteiger partial charge in [-0.3, -0.25) is 9.59 Å². The van der Waals surface area contributed by atoms with Crippen molar-refractivity contribution in [3.8, 4) is 0 Å². The van der Waals surface area contributed by atoms with Crippen LogP contribution in [0.25, 0.3) is 0 Å². The first kappa shape index (κ1) is 45.6. The third kappa shape index (κ3) is 36.4. The van der Waals surface area contributed by atoms with E-state index in [0.29, 0.717) is 12.8 Å². The number of hydrogen-bond acceptors (Lipinski definition) is 5. The van der Waals surface area contributed by atoms with Crippen LogP contribution >= 0.6 is 0 Å². The minimum atomic E-state index is -0.800. The van der Waals surface area contributed by atoms with Crippen LogP contribution in [0.15, 0.2) is 60.8 Å². The molecule has 0 heterocycles. The number of carbonyl (C=O) groups is 2. The zero-order valence-electron chi connectivity index (χ0n) is 31.2. The molecule has 276 valence electrons. The van der Waals surface area contributed by atoms with Gasteiger partial charge >= 0.3 is 11.9 Å². The summed E-state index contributed by atoms with van der Waals surface area (Å²) < 4.78 is 10.6. The lowest BCUT2D eigenvalue weighted by molar-refractivity contribution is -0.161. The highest BCUT2D eigenvalue weighted by atomic mass is 16.6. The normalized spacial score (nSPS) is 12.8. The van der Waals surface area contributed by atoms with Gasteiger partial charge in [0.15, 0.2) is 6.10 Å². The van der Waals surface area contributed by atoms with Crippen molar-refractivity contribution >= 4 is 11.9 Å². The molecule has 1 unspecified atom stereocenters. The van der Waals surface area contributed by atoms with Crippen molar-refractivity contribution < 1.29 is 24.2 Å². The molecule has 0 aliphatic rings. The first-order chi connectivity index (χ1) is 23.6. The molecule has 0 spiro atoms. The fraction of sp³-hybridized carbons (Fsp3) is 0.721. The Bertz CT molecular complexity index is 853. The van der Waals surface area contributed by atoms with E-state index in [0.717, 1.165) is 57.8 Å². The molecule has 0 radical (unpaired) electrons. The monoisotopic (exact) mass is 671 g/mol. The maximum atomic E-state index is 12.1. The Morgan fingerprint density at radius 1 is 0.500 bits per heavy atom. The lowest BCUT2D eigenvalue weighted by Crippen LogP contribution is -2.28. The van der Waals surface area contributed by atoms with E-state index in [1.807, 2.05) is 0 Å². The van der Waals surface area contributed by atoms with Crippen LogP contribution in [0.5, 0.6) is 0 Å². The summed E-state index contributed by atoms with van der Waals surface area (Å²) >= 11 is 0. The zero-order chi connectivity index (χ0) is 35.0. The van der Waals surface area contributed by atoms with Crippen LogP contribution in [0.3, 0.4) is 0 Å². The maximum absolute atomic E-state index is 12.1. The molecule has 0 saturated heterocycles. The third-order valence-corrected chi connectivity index (χ3v) is 8.33. The van der Waals surface area contributed by atoms with Crippen molar-refractivity contribution in [2.24, 2.45) is 0 Å². The molecule has 0 aromatic heterocycles. The van der Waals surface area contributed by atoms with Gasteiger partial charge in [0.1, 0.15) is 6.61 Å². The van der Waals surface area contributed by atoms with Crippen molar-refractivity contribution in [1.82, 2.24) is 0 Å². The second kappa shape index (κ2) is 39.0. The average molecular weight is 671 g/mol. The highest BCUT2D eigenvalue weighted by Crippen LogP contribution is 2.14. The quantitative estimate of drug-likeness (QED) is 0.0413. The summed E-state index contributed by atoms with van der Waals surface area (Å²) in [6.07, 6.45) is 50.0. The van der Waals surface area contributed by atoms with E-state index in [2.05, 4.69) is 74.6 Å². The highest BCUT2D eigenvalue weighted by Gasteiger charge is 2.15. The summed E-state index contributed by atoms with van der Waals surface area (Å²) in [7, 11) is 0. The largest absolute Gasteiger partial charge is 0.462 e. The number of rotatable bonds is 35. The van der Waals surface area contributed by atoms with Gasteiger partial charge in [-0.25, -0.2) is 0 Å². The van der Waals surface area contributed by atoms with Gasteiger partial charge in [-0.15, -0.1) is 0 Å². The van der Waals surface area contributed by atoms with Crippen LogP contribution < -0.4 is 0 Å². The van der Waals surface area contributed by atoms with Crippen molar-refractivity contribution in [3.05, 3.63) is 60.8 Å². The second-order valence-electron chi connectivity index (χ2n) is 13.0. The number of esters is 2. The van der Waals surface area contributed by atoms with Crippen molar-refractivity contribution in [2.45, 2.75) is 187 Å². The molecule has 0 aromatic rings. The van der Waals surface area contributed by atoms with Crippen molar-refractivity contribution in [2.75, 3.05) is 13.2 Å². The smallest absolute Gasteiger partial charge is 0.306 e. The SMILES string of the molecule is CC/C=C\C/C=C\C/C=C\C/C=C\C/C=C\CCCC(=O)OC(CO)COC(=O)CCCCCCCCCCCCCCCCCCC. The van der Waals surface area contributed by atoms with Gasteiger partial charge in [-0.05, 0) is 51.4 Å². The minimum absolute atomic E-state index is 0.0885. The Morgan fingerprint density at radius 2 is 0.896 bits per heavy atom. The van der Waals surface area contributed by atoms with E-state index in [9.17, 15) is 14.7 Å². The summed E-state index contributed by atoms with van der Waals surface area (Å²) in [6, 6.07) is 0. The predicted molar refractivity (Wildman–Crippen MR) is 205 cm³/mol. The van der Waals surface area contributed by atoms with Crippen molar-refractivity contribution in [1.29, 1.82) is 0 Å². The standard InChI is InChI=1S/C43H74O5/c1-3-5-7-9-11-13-15-17-19-21-23-25-27-29-31-33-35-37-42(45)47-40-41(39-44)48-43(46)38-36-34-32-30-28-26-24-22-20-18-16-14-12-10-8-6-4-2/h6,8,12,14,18,20,24,26,30,32,41,44H,3-5,7,9-11,13,15-17,19,21-23,25,27-29,31,33-40H2,1-2H3/b8-6-,14-12-,20-18-,26-24-,32-30-. The van der Waals surface area contributed by atoms with E-state index in [1.165, 1.54) is 89.9 Å². The summed E-state index contributed by atoms with van der Waals surface area (Å²) in [4.78, 5) is 24.2. The molecular weight excluding hydrogens is 596 g/mol. The van der Waals surface area contributed by atoms with Crippen LogP contribution in [0.4, 0.5) is 0 Å². The molecule has 0 fully saturated rings. The van der Waals surface area contributed by atoms with Crippen LogP contribution in [0.1, 0.15) is 181 Å². The molecule has 0 aromatic carbocycles. The van der Waals surface area contributed by atoms with Crippen LogP contribution in [0, 0.1) is 0 Å². The molecule has 0 aliphatic heterocycles. The number of hydrogen-bond donors (Lipinski definition) is 1. The first-order valence-electron chi connectivity index (χ1n) is 19.8. The number of ether oxygens (including phenoxy) is 2. The highest BCUT2D eigenvalue weighted by molar-refractivity contribution is 5.70. The summed E-state index contributed by atoms with van der Waals surface area (Å²) in [5.41, 5.74) is 0. The van der Waals surface area contributed by atoms with Gasteiger partial charge in [-0.2, -0.15) is 0 Å². The fourth-order valence-corrected chi connectivity index (χ4v) is 5.35. The maximum Gasteiger partial charge on any atom is 0.306 e. The lowest BCUT2D eigenvalue weighted by atomic mass is 10.0. The van der Waals surface area contributed by atoms with E-state index < -0.39 is 6.10 Å². The van der Waals surface area contributed by atoms with Gasteiger partial charge in [0.05, 0.1) is 6.61 Å². The molecule has 48 heavy (non-hydrogen) atoms. The average Bonchev–Trinajstić information content (AvgIpc) is 3.09. The Balaban J connectivity index is 3.64. The number of unbranched alkanes of at least 4 members (excludes halogenated alkanes) is 17. The molecule has 1 N–H and O–H groups in total. The molecule has 0 rings (SSSR count). The zero-order valence-corrected chi connectivity index (χ0v) is 31.2. The van der Waals surface area contributed by atoms with E-state index in [-0.39, 0.29) is 31.6 Å². The number of aliphatic hydroxyl groups excluding tert-OH is 1. The number of carbonyl (C=O) groups excluding carboxylic acids is 2. The topological polar surface area (TPSA) is 72.8 Å². The fourth-order valence-electron chi connectivity index (χ4n) is 5.35. The predicted octanol–water partition coefficient (Wildman–Crippen LogP) is 12.4. The lowest BCUT2D eigenvalue weighted by Gasteiger charge is -2.15. The molecule has 0 amide bonds. The summed E-state index contributed by atoms with van der Waals surface area (Å²) in [5.74, 6) is -0.658. The molecule has 5 nitrogen and oxygen atoms in total. The molecule has 0 bridgehead atoms. The molecule has 1 atom stereocenters. The van der Waals surface area contributed by atoms with Gasteiger partial charge in [0.25, 0.3) is 0 Å². The number of aliphatic hydroxyl groups is 1. The first-order valence-corrected chi connectivity index (χ1v) is 19.8. The Morgan fingerprint density at radius 3 is 1.33 bits per heavy atom. The van der Waals surface area contributed by atoms with Gasteiger partial charge < -0.3 is 14.6 Å². The number of allylic oxidation sites excluding steroid dienone is 10. The van der Waals surface area contributed by atoms with Gasteiger partial charge in [0.2, 0.25) is 0 Å². The van der Waals surface area contributed by atoms with Crippen molar-refractivity contribution in [3.63, 3.8) is 0 Å². The van der Waals surface area contributed by atoms with E-state index in [1.54, 1.807) is 0 Å². The van der Waals surface area contributed by atoms with Crippen LogP contribution in [-0.4, -0.2) is 36.4 Å². The molecule has 0 saturated carbocycles. The van der Waals surface area contributed by atoms with Gasteiger partial charge in [-0.1, -0.05) is 177 Å². The van der Waals surface area contributed by atoms with E-state index >= 15 is 0 Å². The van der Waals surface area contributed by atoms with Crippen LogP contribution in [0.2, 0.25) is 0 Å². The van der Waals surface area contributed by atoms with Gasteiger partial charge in [0, 0.05) is 12.8 Å². The Kier molecular flexibility index (Phi) is 37.1. The summed E-state index contributed by atoms with van der Waals surface area (Å²) in [5, 5.41) is 9.54. The minimum Gasteiger partial charge on any atom is -0.462 e. The molecule has 5 heteroatoms. The molecular formula is C43H74O5. The summed E-state index contributed by atoms with van der Waals surface area (Å²) in [6.45, 7) is 3.98. The molecule has 0 aliphatic carbocycles. The third-order valence-electron chi connectivity index (χ3n) is 8.33. The van der Waals surface area contributed by atoms with Crippen LogP contribution in [-0.2, 0) is 19.1 Å². The second-order valence-corrected chi connectivity index (χ2v) is 13.0.